The predicted molar refractivity (Wildman–Crippen MR) is 92.5 cm³/mol. The van der Waals surface area contributed by atoms with Crippen molar-refractivity contribution in [1.82, 2.24) is 25.5 Å². The SMILES string of the molecule is CCC[C@H](C)NC(=O)CNc1ccc(-c2nnnn2C2CC2)cc1. The Kier molecular flexibility index (Phi) is 5.08. The molecule has 1 aliphatic carbocycles. The van der Waals surface area contributed by atoms with Gasteiger partial charge >= 0.3 is 0 Å². The molecule has 24 heavy (non-hydrogen) atoms. The van der Waals surface area contributed by atoms with E-state index in [2.05, 4.69) is 33.1 Å². The summed E-state index contributed by atoms with van der Waals surface area (Å²) in [5.41, 5.74) is 1.89. The summed E-state index contributed by atoms with van der Waals surface area (Å²) in [4.78, 5) is 11.9. The van der Waals surface area contributed by atoms with Crippen molar-refractivity contribution in [1.29, 1.82) is 0 Å². The van der Waals surface area contributed by atoms with Crippen LogP contribution in [0.5, 0.6) is 0 Å². The standard InChI is InChI=1S/C17H24N6O/c1-3-4-12(2)19-16(24)11-18-14-7-5-13(6-8-14)17-20-21-22-23(17)15-9-10-15/h5-8,12,15,18H,3-4,9-11H2,1-2H3,(H,19,24)/t12-/m0/s1. The summed E-state index contributed by atoms with van der Waals surface area (Å²) in [6, 6.07) is 8.51. The summed E-state index contributed by atoms with van der Waals surface area (Å²) in [5, 5.41) is 18.1. The monoisotopic (exact) mass is 328 g/mol. The number of carbonyl (C=O) groups excluding carboxylic acids is 1. The maximum absolute atomic E-state index is 11.9. The third-order valence-electron chi connectivity index (χ3n) is 4.11. The minimum Gasteiger partial charge on any atom is -0.376 e. The highest BCUT2D eigenvalue weighted by Gasteiger charge is 2.28. The van der Waals surface area contributed by atoms with E-state index in [1.54, 1.807) is 0 Å². The highest BCUT2D eigenvalue weighted by atomic mass is 16.1. The fourth-order valence-corrected chi connectivity index (χ4v) is 2.70. The minimum atomic E-state index is 0.0118. The van der Waals surface area contributed by atoms with Crippen LogP contribution in [0.3, 0.4) is 0 Å². The van der Waals surface area contributed by atoms with Gasteiger partial charge in [0.15, 0.2) is 5.82 Å². The Hall–Kier alpha value is -2.44. The predicted octanol–water partition coefficient (Wildman–Crippen LogP) is 2.39. The van der Waals surface area contributed by atoms with Crippen LogP contribution in [0.2, 0.25) is 0 Å². The van der Waals surface area contributed by atoms with E-state index in [4.69, 9.17) is 0 Å². The summed E-state index contributed by atoms with van der Waals surface area (Å²) in [6.45, 7) is 4.41. The number of anilines is 1. The number of hydrogen-bond acceptors (Lipinski definition) is 5. The third kappa shape index (κ3) is 4.10. The van der Waals surface area contributed by atoms with Gasteiger partial charge in [-0.25, -0.2) is 4.68 Å². The zero-order chi connectivity index (χ0) is 16.9. The molecule has 1 fully saturated rings. The Balaban J connectivity index is 1.55. The molecule has 2 N–H and O–H groups in total. The smallest absolute Gasteiger partial charge is 0.239 e. The molecule has 0 spiro atoms. The molecule has 1 aliphatic rings. The van der Waals surface area contributed by atoms with Crippen molar-refractivity contribution in [3.8, 4) is 11.4 Å². The molecule has 1 aromatic heterocycles. The fraction of sp³-hybridized carbons (Fsp3) is 0.529. The molecular weight excluding hydrogens is 304 g/mol. The molecule has 1 saturated carbocycles. The maximum Gasteiger partial charge on any atom is 0.239 e. The largest absolute Gasteiger partial charge is 0.376 e. The van der Waals surface area contributed by atoms with Gasteiger partial charge in [0.05, 0.1) is 12.6 Å². The van der Waals surface area contributed by atoms with Crippen molar-refractivity contribution in [2.45, 2.75) is 51.6 Å². The van der Waals surface area contributed by atoms with Crippen molar-refractivity contribution in [3.63, 3.8) is 0 Å². The van der Waals surface area contributed by atoms with Crippen LogP contribution in [-0.4, -0.2) is 38.7 Å². The summed E-state index contributed by atoms with van der Waals surface area (Å²) in [7, 11) is 0. The van der Waals surface area contributed by atoms with E-state index in [-0.39, 0.29) is 18.5 Å². The molecule has 7 nitrogen and oxygen atoms in total. The zero-order valence-corrected chi connectivity index (χ0v) is 14.2. The summed E-state index contributed by atoms with van der Waals surface area (Å²) >= 11 is 0. The third-order valence-corrected chi connectivity index (χ3v) is 4.11. The molecule has 0 bridgehead atoms. The van der Waals surface area contributed by atoms with E-state index >= 15 is 0 Å². The number of amides is 1. The molecule has 0 aliphatic heterocycles. The number of hydrogen-bond donors (Lipinski definition) is 2. The summed E-state index contributed by atoms with van der Waals surface area (Å²) in [6.07, 6.45) is 4.35. The van der Waals surface area contributed by atoms with Gasteiger partial charge in [-0.15, -0.1) is 5.10 Å². The van der Waals surface area contributed by atoms with Gasteiger partial charge in [-0.2, -0.15) is 0 Å². The van der Waals surface area contributed by atoms with Gasteiger partial charge in [0, 0.05) is 17.3 Å². The molecular formula is C17H24N6O. The van der Waals surface area contributed by atoms with E-state index < -0.39 is 0 Å². The van der Waals surface area contributed by atoms with Gasteiger partial charge in [0.2, 0.25) is 5.91 Å². The lowest BCUT2D eigenvalue weighted by atomic mass is 10.2. The Morgan fingerprint density at radius 1 is 1.33 bits per heavy atom. The van der Waals surface area contributed by atoms with Crippen molar-refractivity contribution in [2.24, 2.45) is 0 Å². The molecule has 0 unspecified atom stereocenters. The molecule has 3 rings (SSSR count). The van der Waals surface area contributed by atoms with Crippen molar-refractivity contribution >= 4 is 11.6 Å². The Labute approximate surface area is 141 Å². The van der Waals surface area contributed by atoms with Gasteiger partial charge in [-0.05, 0) is 60.9 Å². The molecule has 1 heterocycles. The molecule has 128 valence electrons. The molecule has 7 heteroatoms. The Bertz CT molecular complexity index is 677. The number of benzene rings is 1. The zero-order valence-electron chi connectivity index (χ0n) is 14.2. The number of tetrazole rings is 1. The lowest BCUT2D eigenvalue weighted by Gasteiger charge is -2.13. The van der Waals surface area contributed by atoms with Crippen LogP contribution < -0.4 is 10.6 Å². The highest BCUT2D eigenvalue weighted by Crippen LogP contribution is 2.36. The van der Waals surface area contributed by atoms with E-state index in [9.17, 15) is 4.79 Å². The maximum atomic E-state index is 11.9. The highest BCUT2D eigenvalue weighted by molar-refractivity contribution is 5.81. The van der Waals surface area contributed by atoms with E-state index in [0.717, 1.165) is 42.8 Å². The van der Waals surface area contributed by atoms with Crippen molar-refractivity contribution in [2.75, 3.05) is 11.9 Å². The van der Waals surface area contributed by atoms with Gasteiger partial charge in [0.1, 0.15) is 0 Å². The number of nitrogens with one attached hydrogen (secondary N) is 2. The molecule has 1 aromatic carbocycles. The number of rotatable bonds is 8. The second-order valence-electron chi connectivity index (χ2n) is 6.37. The van der Waals surface area contributed by atoms with Gasteiger partial charge in [-0.1, -0.05) is 13.3 Å². The second-order valence-corrected chi connectivity index (χ2v) is 6.37. The molecule has 0 saturated heterocycles. The number of aromatic nitrogens is 4. The molecule has 1 amide bonds. The number of carbonyl (C=O) groups is 1. The fourth-order valence-electron chi connectivity index (χ4n) is 2.70. The first-order chi connectivity index (χ1) is 11.7. The second kappa shape index (κ2) is 7.42. The lowest BCUT2D eigenvalue weighted by molar-refractivity contribution is -0.120. The average Bonchev–Trinajstić information content (AvgIpc) is 3.30. The lowest BCUT2D eigenvalue weighted by Crippen LogP contribution is -2.36. The normalized spacial score (nSPS) is 15.1. The van der Waals surface area contributed by atoms with Crippen LogP contribution in [0, 0.1) is 0 Å². The first-order valence-electron chi connectivity index (χ1n) is 8.59. The van der Waals surface area contributed by atoms with Crippen LogP contribution in [0.1, 0.15) is 45.6 Å². The first-order valence-corrected chi connectivity index (χ1v) is 8.59. The van der Waals surface area contributed by atoms with Crippen LogP contribution in [0.4, 0.5) is 5.69 Å². The van der Waals surface area contributed by atoms with Crippen molar-refractivity contribution in [3.05, 3.63) is 24.3 Å². The molecule has 0 radical (unpaired) electrons. The van der Waals surface area contributed by atoms with Crippen LogP contribution in [0.25, 0.3) is 11.4 Å². The van der Waals surface area contributed by atoms with Crippen LogP contribution in [0.15, 0.2) is 24.3 Å². The van der Waals surface area contributed by atoms with E-state index in [0.29, 0.717) is 6.04 Å². The summed E-state index contributed by atoms with van der Waals surface area (Å²) < 4.78 is 1.89. The molecule has 1 atom stereocenters. The van der Waals surface area contributed by atoms with Gasteiger partial charge < -0.3 is 10.6 Å². The average molecular weight is 328 g/mol. The number of nitrogens with zero attached hydrogens (tertiary/aromatic N) is 4. The van der Waals surface area contributed by atoms with Crippen LogP contribution in [-0.2, 0) is 4.79 Å². The first kappa shape index (κ1) is 16.4. The topological polar surface area (TPSA) is 84.7 Å². The Morgan fingerprint density at radius 3 is 2.75 bits per heavy atom. The van der Waals surface area contributed by atoms with Crippen LogP contribution >= 0.6 is 0 Å². The summed E-state index contributed by atoms with van der Waals surface area (Å²) in [5.74, 6) is 0.813. The van der Waals surface area contributed by atoms with Crippen molar-refractivity contribution < 1.29 is 4.79 Å². The minimum absolute atomic E-state index is 0.0118. The Morgan fingerprint density at radius 2 is 2.08 bits per heavy atom. The van der Waals surface area contributed by atoms with E-state index in [1.165, 1.54) is 0 Å². The molecule has 2 aromatic rings. The van der Waals surface area contributed by atoms with Gasteiger partial charge in [-0.3, -0.25) is 4.79 Å². The quantitative estimate of drug-likeness (QED) is 0.777. The van der Waals surface area contributed by atoms with Gasteiger partial charge in [0.25, 0.3) is 0 Å². The van der Waals surface area contributed by atoms with E-state index in [1.807, 2.05) is 35.9 Å².